The van der Waals surface area contributed by atoms with E-state index in [1.807, 2.05) is 6.26 Å². The van der Waals surface area contributed by atoms with Crippen LogP contribution in [-0.2, 0) is 13.0 Å². The number of hydrogen-bond acceptors (Lipinski definition) is 6. The number of pyridine rings is 1. The van der Waals surface area contributed by atoms with Gasteiger partial charge in [0.25, 0.3) is 5.91 Å². The summed E-state index contributed by atoms with van der Waals surface area (Å²) >= 11 is 7.40. The summed E-state index contributed by atoms with van der Waals surface area (Å²) in [6, 6.07) is 1.22. The first-order valence-corrected chi connectivity index (χ1v) is 10.8. The number of rotatable bonds is 10. The second kappa shape index (κ2) is 10.9. The molecule has 0 atom stereocenters. The molecule has 2 aromatic heterocycles. The van der Waals surface area contributed by atoms with E-state index in [0.29, 0.717) is 25.3 Å². The van der Waals surface area contributed by atoms with Crippen molar-refractivity contribution in [2.45, 2.75) is 44.6 Å². The Labute approximate surface area is 181 Å². The van der Waals surface area contributed by atoms with Gasteiger partial charge in [-0.1, -0.05) is 37.2 Å². The van der Waals surface area contributed by atoms with E-state index in [0.717, 1.165) is 23.7 Å². The van der Waals surface area contributed by atoms with Crippen LogP contribution in [-0.4, -0.2) is 51.2 Å². The van der Waals surface area contributed by atoms with Crippen LogP contribution in [0.15, 0.2) is 17.4 Å². The number of carbonyl (C=O) groups excluding carboxylic acids is 1. The van der Waals surface area contributed by atoms with E-state index in [-0.39, 0.29) is 16.5 Å². The van der Waals surface area contributed by atoms with Gasteiger partial charge in [0, 0.05) is 25.7 Å². The van der Waals surface area contributed by atoms with Crippen molar-refractivity contribution in [3.05, 3.63) is 28.7 Å². The van der Waals surface area contributed by atoms with Gasteiger partial charge in [0.2, 0.25) is 5.88 Å². The van der Waals surface area contributed by atoms with Crippen LogP contribution in [0.1, 0.15) is 36.5 Å². The monoisotopic (exact) mass is 465 g/mol. The molecule has 2 aromatic rings. The molecule has 0 bridgehead atoms. The fourth-order valence-corrected chi connectivity index (χ4v) is 3.30. The minimum atomic E-state index is -4.50. The third kappa shape index (κ3) is 7.35. The maximum atomic E-state index is 12.2. The highest BCUT2D eigenvalue weighted by Crippen LogP contribution is 2.25. The number of hydrogen-bond donors (Lipinski definition) is 1. The van der Waals surface area contributed by atoms with E-state index in [4.69, 9.17) is 11.6 Å². The van der Waals surface area contributed by atoms with Crippen LogP contribution in [0.4, 0.5) is 13.2 Å². The molecular formula is C18H23ClF3N5O2S. The molecule has 0 fully saturated rings. The molecule has 0 aliphatic heterocycles. The van der Waals surface area contributed by atoms with Gasteiger partial charge in [-0.25, -0.2) is 4.98 Å². The summed E-state index contributed by atoms with van der Waals surface area (Å²) in [7, 11) is 0. The van der Waals surface area contributed by atoms with E-state index in [2.05, 4.69) is 43.6 Å². The van der Waals surface area contributed by atoms with Gasteiger partial charge in [-0.15, -0.1) is 10.2 Å². The zero-order valence-electron chi connectivity index (χ0n) is 16.8. The van der Waals surface area contributed by atoms with Gasteiger partial charge in [0.15, 0.2) is 11.8 Å². The first-order valence-electron chi connectivity index (χ1n) is 9.20. The Hall–Kier alpha value is -2.01. The normalized spacial score (nSPS) is 11.7. The maximum Gasteiger partial charge on any atom is 0.422 e. The Morgan fingerprint density at radius 3 is 2.70 bits per heavy atom. The van der Waals surface area contributed by atoms with Crippen LogP contribution in [0.2, 0.25) is 5.02 Å². The highest BCUT2D eigenvalue weighted by molar-refractivity contribution is 7.98. The lowest BCUT2D eigenvalue weighted by Crippen LogP contribution is -2.25. The zero-order valence-corrected chi connectivity index (χ0v) is 18.4. The van der Waals surface area contributed by atoms with Crippen molar-refractivity contribution in [1.82, 2.24) is 25.1 Å². The Morgan fingerprint density at radius 1 is 1.37 bits per heavy atom. The third-order valence-electron chi connectivity index (χ3n) is 3.83. The number of ether oxygens (including phenoxy) is 1. The average molecular weight is 466 g/mol. The van der Waals surface area contributed by atoms with Crippen LogP contribution < -0.4 is 10.1 Å². The predicted molar refractivity (Wildman–Crippen MR) is 108 cm³/mol. The van der Waals surface area contributed by atoms with E-state index < -0.39 is 18.7 Å². The molecule has 1 amide bonds. The molecule has 7 nitrogen and oxygen atoms in total. The molecule has 0 spiro atoms. The van der Waals surface area contributed by atoms with Crippen LogP contribution in [0, 0.1) is 5.92 Å². The number of nitrogens with zero attached hydrogens (tertiary/aromatic N) is 4. The number of carbonyl (C=O) groups is 1. The standard InChI is InChI=1S/C18H23ClF3N5O2S/c1-11(2)9-27-14(25-26-17(27)30-3)5-4-6-23-15(28)12-7-13(19)16(24-8-12)29-10-18(20,21)22/h7-8,11H,4-6,9-10H2,1-3H3,(H,23,28). The molecule has 30 heavy (non-hydrogen) atoms. The molecule has 0 unspecified atom stereocenters. The second-order valence-corrected chi connectivity index (χ2v) is 8.06. The van der Waals surface area contributed by atoms with E-state index >= 15 is 0 Å². The van der Waals surface area contributed by atoms with E-state index in [1.54, 1.807) is 0 Å². The van der Waals surface area contributed by atoms with Crippen molar-refractivity contribution in [1.29, 1.82) is 0 Å². The minimum Gasteiger partial charge on any atom is -0.467 e. The Bertz CT molecular complexity index is 861. The Morgan fingerprint density at radius 2 is 2.10 bits per heavy atom. The molecule has 0 radical (unpaired) electrons. The highest BCUT2D eigenvalue weighted by Gasteiger charge is 2.29. The van der Waals surface area contributed by atoms with Crippen LogP contribution in [0.5, 0.6) is 5.88 Å². The third-order valence-corrected chi connectivity index (χ3v) is 4.77. The molecule has 0 saturated carbocycles. The average Bonchev–Trinajstić information content (AvgIpc) is 3.04. The number of aromatic nitrogens is 4. The number of aryl methyl sites for hydroxylation is 1. The minimum absolute atomic E-state index is 0.131. The quantitative estimate of drug-likeness (QED) is 0.422. The number of amides is 1. The highest BCUT2D eigenvalue weighted by atomic mass is 35.5. The topological polar surface area (TPSA) is 81.9 Å². The summed E-state index contributed by atoms with van der Waals surface area (Å²) in [4.78, 5) is 15.9. The fraction of sp³-hybridized carbons (Fsp3) is 0.556. The van der Waals surface area contributed by atoms with E-state index in [9.17, 15) is 18.0 Å². The van der Waals surface area contributed by atoms with Crippen molar-refractivity contribution in [3.8, 4) is 5.88 Å². The number of nitrogens with one attached hydrogen (secondary N) is 1. The summed E-state index contributed by atoms with van der Waals surface area (Å²) in [5, 5.41) is 11.8. The van der Waals surface area contributed by atoms with Gasteiger partial charge >= 0.3 is 6.18 Å². The van der Waals surface area contributed by atoms with Gasteiger partial charge < -0.3 is 14.6 Å². The van der Waals surface area contributed by atoms with Gasteiger partial charge in [0.1, 0.15) is 10.8 Å². The summed E-state index contributed by atoms with van der Waals surface area (Å²) in [5.74, 6) is 0.503. The second-order valence-electron chi connectivity index (χ2n) is 6.88. The fourth-order valence-electron chi connectivity index (χ4n) is 2.56. The van der Waals surface area contributed by atoms with Crippen LogP contribution in [0.25, 0.3) is 0 Å². The Balaban J connectivity index is 1.87. The largest absolute Gasteiger partial charge is 0.467 e. The molecule has 0 aliphatic rings. The molecule has 0 saturated heterocycles. The Kier molecular flexibility index (Phi) is 8.78. The molecule has 2 heterocycles. The molecule has 166 valence electrons. The summed E-state index contributed by atoms with van der Waals surface area (Å²) < 4.78 is 43.2. The van der Waals surface area contributed by atoms with Crippen LogP contribution >= 0.6 is 23.4 Å². The van der Waals surface area contributed by atoms with Gasteiger partial charge in [-0.05, 0) is 24.7 Å². The summed E-state index contributed by atoms with van der Waals surface area (Å²) in [6.07, 6.45) is -0.147. The van der Waals surface area contributed by atoms with Gasteiger partial charge in [0.05, 0.1) is 5.56 Å². The van der Waals surface area contributed by atoms with Crippen molar-refractivity contribution in [2.24, 2.45) is 5.92 Å². The predicted octanol–water partition coefficient (Wildman–Crippen LogP) is 4.01. The summed E-state index contributed by atoms with van der Waals surface area (Å²) in [5.41, 5.74) is 0.131. The van der Waals surface area contributed by atoms with Crippen molar-refractivity contribution in [3.63, 3.8) is 0 Å². The molecule has 0 aliphatic carbocycles. The SMILES string of the molecule is CSc1nnc(CCCNC(=O)c2cnc(OCC(F)(F)F)c(Cl)c2)n1CC(C)C. The smallest absolute Gasteiger partial charge is 0.422 e. The van der Waals surface area contributed by atoms with Gasteiger partial charge in [-0.2, -0.15) is 13.2 Å². The summed E-state index contributed by atoms with van der Waals surface area (Å²) in [6.45, 7) is 3.92. The molecule has 0 aromatic carbocycles. The number of thioether (sulfide) groups is 1. The van der Waals surface area contributed by atoms with E-state index in [1.165, 1.54) is 17.8 Å². The van der Waals surface area contributed by atoms with Crippen molar-refractivity contribution in [2.75, 3.05) is 19.4 Å². The van der Waals surface area contributed by atoms with Crippen LogP contribution in [0.3, 0.4) is 0 Å². The lowest BCUT2D eigenvalue weighted by Gasteiger charge is -2.12. The molecule has 2 rings (SSSR count). The lowest BCUT2D eigenvalue weighted by atomic mass is 10.2. The first-order chi connectivity index (χ1) is 14.1. The zero-order chi connectivity index (χ0) is 22.3. The number of halogens is 4. The maximum absolute atomic E-state index is 12.2. The number of alkyl halides is 3. The first kappa shape index (κ1) is 24.3. The van der Waals surface area contributed by atoms with Gasteiger partial charge in [-0.3, -0.25) is 4.79 Å². The molecular weight excluding hydrogens is 443 g/mol. The lowest BCUT2D eigenvalue weighted by molar-refractivity contribution is -0.154. The molecule has 12 heteroatoms. The van der Waals surface area contributed by atoms with Crippen molar-refractivity contribution < 1.29 is 22.7 Å². The molecule has 1 N–H and O–H groups in total. The van der Waals surface area contributed by atoms with Crippen molar-refractivity contribution >= 4 is 29.3 Å².